The molecule has 0 radical (unpaired) electrons. The molecule has 0 spiro atoms. The number of likely N-dealkylation sites (tertiary alicyclic amines) is 1. The zero-order chi connectivity index (χ0) is 14.2. The van der Waals surface area contributed by atoms with Gasteiger partial charge in [0.05, 0.1) is 21.9 Å². The monoisotopic (exact) mass is 290 g/mol. The van der Waals surface area contributed by atoms with E-state index in [0.29, 0.717) is 25.1 Å². The molecule has 1 heterocycles. The molecule has 5 nitrogen and oxygen atoms in total. The van der Waals surface area contributed by atoms with Crippen molar-refractivity contribution in [2.75, 3.05) is 13.1 Å². The number of rotatable bonds is 2. The molecule has 1 aliphatic heterocycles. The number of amides is 1. The lowest BCUT2D eigenvalue weighted by Crippen LogP contribution is -2.29. The number of hydrogen-bond donors (Lipinski definition) is 0. The largest absolute Gasteiger partial charge is 0.337 e. The molecule has 102 valence electrons. The Morgan fingerprint density at radius 3 is 2.68 bits per heavy atom. The summed E-state index contributed by atoms with van der Waals surface area (Å²) < 4.78 is 27.0. The van der Waals surface area contributed by atoms with Crippen LogP contribution in [0.5, 0.6) is 0 Å². The molecule has 2 rings (SSSR count). The lowest BCUT2D eigenvalue weighted by molar-refractivity contribution is -0.387. The highest BCUT2D eigenvalue weighted by molar-refractivity contribution is 6.21. The molecule has 1 atom stereocenters. The first-order valence-electron chi connectivity index (χ1n) is 5.47. The minimum atomic E-state index is -1.32. The highest BCUT2D eigenvalue weighted by Gasteiger charge is 2.30. The maximum absolute atomic E-state index is 13.8. The van der Waals surface area contributed by atoms with Gasteiger partial charge in [0.25, 0.3) is 5.91 Å². The Morgan fingerprint density at radius 1 is 1.47 bits per heavy atom. The third-order valence-electron chi connectivity index (χ3n) is 2.86. The fraction of sp³-hybridized carbons (Fsp3) is 0.364. The first-order valence-corrected chi connectivity index (χ1v) is 5.90. The van der Waals surface area contributed by atoms with Crippen molar-refractivity contribution in [1.29, 1.82) is 0 Å². The number of carbonyl (C=O) groups is 1. The van der Waals surface area contributed by atoms with Gasteiger partial charge in [-0.3, -0.25) is 14.9 Å². The van der Waals surface area contributed by atoms with E-state index in [4.69, 9.17) is 11.6 Å². The van der Waals surface area contributed by atoms with Crippen LogP contribution < -0.4 is 0 Å². The van der Waals surface area contributed by atoms with Crippen LogP contribution in [0.3, 0.4) is 0 Å². The van der Waals surface area contributed by atoms with E-state index < -0.39 is 33.7 Å². The van der Waals surface area contributed by atoms with Gasteiger partial charge in [-0.1, -0.05) is 0 Å². The summed E-state index contributed by atoms with van der Waals surface area (Å²) in [5.74, 6) is -3.14. The van der Waals surface area contributed by atoms with E-state index in [-0.39, 0.29) is 11.9 Å². The summed E-state index contributed by atoms with van der Waals surface area (Å²) in [6.07, 6.45) is 0.548. The van der Waals surface area contributed by atoms with Crippen LogP contribution in [-0.2, 0) is 0 Å². The molecule has 1 unspecified atom stereocenters. The first-order chi connectivity index (χ1) is 8.90. The Kier molecular flexibility index (Phi) is 3.66. The van der Waals surface area contributed by atoms with Crippen molar-refractivity contribution in [3.63, 3.8) is 0 Å². The smallest absolute Gasteiger partial charge is 0.308 e. The molecule has 0 aromatic heterocycles. The van der Waals surface area contributed by atoms with Crippen LogP contribution in [0, 0.1) is 21.7 Å². The number of benzene rings is 1. The van der Waals surface area contributed by atoms with Crippen LogP contribution in [0.2, 0.25) is 0 Å². The highest BCUT2D eigenvalue weighted by Crippen LogP contribution is 2.25. The van der Waals surface area contributed by atoms with Gasteiger partial charge in [0.15, 0.2) is 0 Å². The van der Waals surface area contributed by atoms with Crippen molar-refractivity contribution >= 4 is 23.2 Å². The molecule has 1 fully saturated rings. The first kappa shape index (κ1) is 13.7. The lowest BCUT2D eigenvalue weighted by atomic mass is 10.1. The predicted molar refractivity (Wildman–Crippen MR) is 63.2 cm³/mol. The second-order valence-electron chi connectivity index (χ2n) is 4.18. The molecule has 8 heteroatoms. The Labute approximate surface area is 111 Å². The number of nitro benzene ring substituents is 1. The average molecular weight is 291 g/mol. The number of nitro groups is 1. The second-order valence-corrected chi connectivity index (χ2v) is 4.80. The number of alkyl halides is 1. The molecule has 1 amide bonds. The molecule has 0 aliphatic carbocycles. The van der Waals surface area contributed by atoms with Crippen LogP contribution in [0.25, 0.3) is 0 Å². The Bertz CT molecular complexity index is 553. The van der Waals surface area contributed by atoms with Gasteiger partial charge in [-0.25, -0.2) is 4.39 Å². The van der Waals surface area contributed by atoms with Crippen molar-refractivity contribution in [3.8, 4) is 0 Å². The minimum absolute atomic E-state index is 0.212. The van der Waals surface area contributed by atoms with Gasteiger partial charge in [0, 0.05) is 13.1 Å². The molecular weight excluding hydrogens is 282 g/mol. The highest BCUT2D eigenvalue weighted by atomic mass is 35.5. The fourth-order valence-electron chi connectivity index (χ4n) is 1.94. The summed E-state index contributed by atoms with van der Waals surface area (Å²) in [6, 6.07) is 1.10. The van der Waals surface area contributed by atoms with E-state index in [1.165, 1.54) is 4.90 Å². The zero-order valence-electron chi connectivity index (χ0n) is 9.61. The maximum atomic E-state index is 13.8. The predicted octanol–water partition coefficient (Wildman–Crippen LogP) is 2.33. The van der Waals surface area contributed by atoms with Crippen molar-refractivity contribution in [2.24, 2.45) is 0 Å². The van der Waals surface area contributed by atoms with Crippen LogP contribution in [0.4, 0.5) is 14.5 Å². The second kappa shape index (κ2) is 5.08. The van der Waals surface area contributed by atoms with Gasteiger partial charge in [0.1, 0.15) is 5.82 Å². The number of halogens is 3. The fourth-order valence-corrected chi connectivity index (χ4v) is 2.20. The molecule has 1 aromatic carbocycles. The molecule has 19 heavy (non-hydrogen) atoms. The number of carbonyl (C=O) groups excluding carboxylic acids is 1. The van der Waals surface area contributed by atoms with Gasteiger partial charge >= 0.3 is 5.69 Å². The third-order valence-corrected chi connectivity index (χ3v) is 3.22. The molecule has 1 aliphatic rings. The molecule has 0 N–H and O–H groups in total. The van der Waals surface area contributed by atoms with E-state index in [0.717, 1.165) is 0 Å². The van der Waals surface area contributed by atoms with Crippen molar-refractivity contribution in [3.05, 3.63) is 39.4 Å². The summed E-state index contributed by atoms with van der Waals surface area (Å²) in [5.41, 5.74) is -1.69. The summed E-state index contributed by atoms with van der Waals surface area (Å²) in [4.78, 5) is 22.7. The quantitative estimate of drug-likeness (QED) is 0.477. The Balaban J connectivity index is 2.39. The van der Waals surface area contributed by atoms with Crippen molar-refractivity contribution < 1.29 is 18.5 Å². The summed E-state index contributed by atoms with van der Waals surface area (Å²) >= 11 is 5.82. The van der Waals surface area contributed by atoms with Gasteiger partial charge in [-0.05, 0) is 12.5 Å². The summed E-state index contributed by atoms with van der Waals surface area (Å²) in [7, 11) is 0. The number of hydrogen-bond acceptors (Lipinski definition) is 3. The Hall–Kier alpha value is -1.76. The molecule has 1 saturated heterocycles. The van der Waals surface area contributed by atoms with Gasteiger partial charge < -0.3 is 4.90 Å². The minimum Gasteiger partial charge on any atom is -0.337 e. The summed E-state index contributed by atoms with van der Waals surface area (Å²) in [5, 5.41) is 10.3. The van der Waals surface area contributed by atoms with Crippen molar-refractivity contribution in [2.45, 2.75) is 11.8 Å². The normalized spacial score (nSPS) is 18.7. The topological polar surface area (TPSA) is 63.4 Å². The van der Waals surface area contributed by atoms with E-state index in [1.54, 1.807) is 0 Å². The Morgan fingerprint density at radius 2 is 2.16 bits per heavy atom. The lowest BCUT2D eigenvalue weighted by Gasteiger charge is -2.15. The van der Waals surface area contributed by atoms with E-state index in [2.05, 4.69) is 0 Å². The molecular formula is C11H9ClF2N2O3. The van der Waals surface area contributed by atoms with Crippen LogP contribution in [0.15, 0.2) is 12.1 Å². The van der Waals surface area contributed by atoms with Gasteiger partial charge in [-0.15, -0.1) is 11.6 Å². The standard InChI is InChI=1S/C11H9ClF2N2O3/c12-6-1-2-15(5-6)11(17)8-3-7(13)4-9(10(8)14)16(18)19/h3-4,6H,1-2,5H2. The van der Waals surface area contributed by atoms with Crippen LogP contribution in [-0.4, -0.2) is 34.2 Å². The van der Waals surface area contributed by atoms with Crippen LogP contribution in [0.1, 0.15) is 16.8 Å². The number of nitrogens with zero attached hydrogens (tertiary/aromatic N) is 2. The van der Waals surface area contributed by atoms with E-state index in [1.807, 2.05) is 0 Å². The molecule has 0 saturated carbocycles. The van der Waals surface area contributed by atoms with E-state index in [9.17, 15) is 23.7 Å². The zero-order valence-corrected chi connectivity index (χ0v) is 10.4. The van der Waals surface area contributed by atoms with Crippen LogP contribution >= 0.6 is 11.6 Å². The maximum Gasteiger partial charge on any atom is 0.308 e. The summed E-state index contributed by atoms with van der Waals surface area (Å²) in [6.45, 7) is 0.529. The third kappa shape index (κ3) is 2.65. The van der Waals surface area contributed by atoms with Crippen molar-refractivity contribution in [1.82, 2.24) is 4.90 Å². The van der Waals surface area contributed by atoms with Gasteiger partial charge in [-0.2, -0.15) is 4.39 Å². The SMILES string of the molecule is O=C(c1cc(F)cc([N+](=O)[O-])c1F)N1CCC(Cl)C1. The molecule has 1 aromatic rings. The average Bonchev–Trinajstić information content (AvgIpc) is 2.77. The van der Waals surface area contributed by atoms with Gasteiger partial charge in [0.2, 0.25) is 5.82 Å². The van der Waals surface area contributed by atoms with E-state index >= 15 is 0 Å². The molecule has 0 bridgehead atoms.